The van der Waals surface area contributed by atoms with Crippen LogP contribution in [0.2, 0.25) is 10.2 Å². The van der Waals surface area contributed by atoms with Gasteiger partial charge in [0.2, 0.25) is 0 Å². The second-order valence-electron chi connectivity index (χ2n) is 36.8. The van der Waals surface area contributed by atoms with Gasteiger partial charge in [-0.3, -0.25) is 58.3 Å². The fourth-order valence-corrected chi connectivity index (χ4v) is 18.5. The van der Waals surface area contributed by atoms with Crippen molar-refractivity contribution in [3.63, 3.8) is 0 Å². The van der Waals surface area contributed by atoms with E-state index in [1.165, 1.54) is 114 Å². The van der Waals surface area contributed by atoms with Gasteiger partial charge in [-0.2, -0.15) is 0 Å². The van der Waals surface area contributed by atoms with Crippen LogP contribution in [-0.2, 0) is 71.0 Å². The Hall–Kier alpha value is -14.6. The summed E-state index contributed by atoms with van der Waals surface area (Å²) in [6.07, 6.45) is 15.3. The first kappa shape index (κ1) is 101. The Morgan fingerprint density at radius 1 is 0.347 bits per heavy atom. The molecule has 0 atom stereocenters. The van der Waals surface area contributed by atoms with E-state index in [-0.39, 0.29) is 77.1 Å². The van der Waals surface area contributed by atoms with Crippen LogP contribution < -0.4 is 35.6 Å². The molecule has 22 rings (SSSR count). The van der Waals surface area contributed by atoms with Gasteiger partial charge in [-0.05, 0) is 137 Å². The molecular formula is C114H110Cl2F4N16O8. The van der Waals surface area contributed by atoms with E-state index in [1.54, 1.807) is 73.6 Å². The van der Waals surface area contributed by atoms with E-state index in [0.29, 0.717) is 91.1 Å². The monoisotopic (exact) mass is 1980 g/mol. The second-order valence-corrected chi connectivity index (χ2v) is 37.6. The van der Waals surface area contributed by atoms with Crippen LogP contribution in [-0.4, -0.2) is 192 Å². The Kier molecular flexibility index (Phi) is 33.6. The zero-order valence-electron chi connectivity index (χ0n) is 79.6. The number of ether oxygens (including phenoxy) is 1. The minimum atomic E-state index is -1.04. The standard InChI is InChI=1S/C38H34F2N4O3.C19H19ClN4.C19H16F2O3.C19H20N4O.C11H16N2.C8H5ClN2O/c39-29-9-6-26(7-10-29)21-35(45)38(13-14-38)36(46)22-28-8-11-34(31(40)20-28)47-33-12-15-41-32-23-37(42-24-30(32)33)44-18-16-43(17-19-44)25-27-4-2-1-3-5-27;20-17-6-7-21-18-12-19(22-13-16(17)18)24-10-8-23(9-11-24)14-15-4-2-1-3-5-15;20-14-4-1-12(2-5-14)10-17(23)19(7-8-19)18(24)11-13-3-6-16(22)15(21)9-13;24-18-6-7-20-17-12-19(21-13-16(17)18)23-10-8-22(9-11-23)14-15-4-2-1-3-5-15;1-2-4-11(5-3-1)10-13-8-6-12-7-9-13;9-8-3-6-5(4-11-8)7(12)1-2-10-6/h1-12,15,20,23-24H,13-14,16-19,21-22,25H2;1-7,12-13H,8-11,14H2;1-6,9,22H,7-8,10-11H2;1-7,12-13H,8-11,14H2,(H,20,24);1-5,12H,6-10H2;1-4H,(H,10,12). The third-order valence-electron chi connectivity index (χ3n) is 26.8. The van der Waals surface area contributed by atoms with E-state index in [2.05, 4.69) is 190 Å². The molecule has 144 heavy (non-hydrogen) atoms. The van der Waals surface area contributed by atoms with Gasteiger partial charge in [0.15, 0.2) is 57.1 Å². The lowest BCUT2D eigenvalue weighted by Crippen LogP contribution is -2.46. The lowest BCUT2D eigenvalue weighted by atomic mass is 9.88. The molecule has 0 amide bonds. The number of nitrogens with zero attached hydrogens (tertiary/aromatic N) is 13. The number of fused-ring (bicyclic) bond motifs is 4. The molecule has 12 heterocycles. The van der Waals surface area contributed by atoms with Crippen LogP contribution in [0.15, 0.2) is 314 Å². The first-order chi connectivity index (χ1) is 70.1. The minimum absolute atomic E-state index is 0.00970. The van der Waals surface area contributed by atoms with Crippen LogP contribution in [0.25, 0.3) is 43.6 Å². The molecule has 30 heteroatoms. The Morgan fingerprint density at radius 3 is 1.13 bits per heavy atom. The predicted molar refractivity (Wildman–Crippen MR) is 556 cm³/mol. The Morgan fingerprint density at radius 2 is 0.708 bits per heavy atom. The van der Waals surface area contributed by atoms with E-state index in [0.717, 1.165) is 158 Å². The lowest BCUT2D eigenvalue weighted by molar-refractivity contribution is -0.135. The summed E-state index contributed by atoms with van der Waals surface area (Å²) in [5.41, 5.74) is 8.74. The van der Waals surface area contributed by atoms with Crippen molar-refractivity contribution in [3.8, 4) is 17.2 Å². The predicted octanol–water partition coefficient (Wildman–Crippen LogP) is 18.6. The minimum Gasteiger partial charge on any atom is -0.505 e. The van der Waals surface area contributed by atoms with Crippen molar-refractivity contribution < 1.29 is 46.6 Å². The van der Waals surface area contributed by atoms with Crippen molar-refractivity contribution >= 4 is 107 Å². The number of phenols is 1. The highest BCUT2D eigenvalue weighted by Gasteiger charge is 2.56. The molecule has 4 saturated heterocycles. The molecule has 0 bridgehead atoms. The highest BCUT2D eigenvalue weighted by molar-refractivity contribution is 6.35. The number of ketones is 4. The summed E-state index contributed by atoms with van der Waals surface area (Å²) >= 11 is 11.8. The molecule has 4 N–H and O–H groups in total. The number of piperazine rings is 4. The van der Waals surface area contributed by atoms with Gasteiger partial charge in [0.25, 0.3) is 0 Å². The highest BCUT2D eigenvalue weighted by atomic mass is 35.5. The SMILES string of the molecule is Clc1ccnc2cc(N3CCN(Cc4ccccc4)CC3)ncc12.O=C(Cc1ccc(F)cc1)C1(C(=O)Cc2ccc(O)c(F)c2)CC1.O=C(Cc1ccc(F)cc1)C1(C(=O)Cc2ccc(Oc3ccnc4cc(N5CCN(Cc6ccccc6)CC5)ncc34)c(F)c2)CC1.O=c1cc[nH]c2cc(Cl)ncc12.O=c1cc[nH]c2cc(N3CCN(Cc4ccccc4)CC3)ncc12.c1ccc(CN2CCNCC2)cc1. The third kappa shape index (κ3) is 26.8. The average Bonchev–Trinajstić information content (AvgIpc) is 1.61. The molecule has 6 fully saturated rings. The van der Waals surface area contributed by atoms with E-state index in [4.69, 9.17) is 32.9 Å². The number of carbonyl (C=O) groups excluding carboxylic acids is 4. The number of hydrogen-bond acceptors (Lipinski definition) is 22. The number of aromatic amines is 2. The number of H-pyrrole nitrogens is 2. The number of Topliss-reactive ketones (excluding diaryl/α,β-unsaturated/α-hetero) is 4. The number of phenolic OH excluding ortho intramolecular Hbond substituents is 1. The molecule has 8 aromatic heterocycles. The number of benzene rings is 8. The molecule has 2 saturated carbocycles. The third-order valence-corrected chi connectivity index (χ3v) is 27.3. The normalized spacial score (nSPS) is 15.5. The molecule has 8 aromatic carbocycles. The van der Waals surface area contributed by atoms with Crippen LogP contribution in [0.3, 0.4) is 0 Å². The number of pyridine rings is 8. The molecule has 0 radical (unpaired) electrons. The summed E-state index contributed by atoms with van der Waals surface area (Å²) in [6, 6.07) is 75.9. The number of nitrogens with one attached hydrogen (secondary N) is 3. The Balaban J connectivity index is 0.000000126. The number of carbonyl (C=O) groups is 4. The number of aromatic hydroxyl groups is 1. The first-order valence-electron chi connectivity index (χ1n) is 48.4. The summed E-state index contributed by atoms with van der Waals surface area (Å²) in [7, 11) is 0. The largest absolute Gasteiger partial charge is 0.505 e. The molecule has 2 aliphatic carbocycles. The summed E-state index contributed by atoms with van der Waals surface area (Å²) in [5.74, 6) is -0.256. The summed E-state index contributed by atoms with van der Waals surface area (Å²) in [6.45, 7) is 20.2. The molecule has 0 unspecified atom stereocenters. The van der Waals surface area contributed by atoms with Gasteiger partial charge >= 0.3 is 0 Å². The van der Waals surface area contributed by atoms with E-state index in [1.807, 2.05) is 30.5 Å². The molecular weight excluding hydrogens is 1870 g/mol. The number of anilines is 3. The quantitative estimate of drug-likeness (QED) is 0.0235. The topological polar surface area (TPSA) is 276 Å². The van der Waals surface area contributed by atoms with Gasteiger partial charge in [0, 0.05) is 242 Å². The first-order valence-corrected chi connectivity index (χ1v) is 49.2. The van der Waals surface area contributed by atoms with Crippen molar-refractivity contribution in [1.29, 1.82) is 0 Å². The molecule has 6 aliphatic rings. The maximum atomic E-state index is 15.3. The van der Waals surface area contributed by atoms with Crippen molar-refractivity contribution in [2.24, 2.45) is 10.8 Å². The van der Waals surface area contributed by atoms with Gasteiger partial charge < -0.3 is 39.8 Å². The van der Waals surface area contributed by atoms with Crippen LogP contribution in [0, 0.1) is 34.1 Å². The molecule has 24 nitrogen and oxygen atoms in total. The summed E-state index contributed by atoms with van der Waals surface area (Å²) in [4.78, 5) is 123. The molecule has 16 aromatic rings. The van der Waals surface area contributed by atoms with Crippen LogP contribution >= 0.6 is 23.2 Å². The number of rotatable bonds is 25. The smallest absolute Gasteiger partial charge is 0.190 e. The zero-order valence-corrected chi connectivity index (χ0v) is 81.1. The zero-order chi connectivity index (χ0) is 99.9. The Labute approximate surface area is 841 Å². The van der Waals surface area contributed by atoms with Gasteiger partial charge in [0.05, 0.1) is 54.1 Å². The van der Waals surface area contributed by atoms with Crippen LogP contribution in [0.1, 0.15) is 70.2 Å². The number of halogens is 6. The van der Waals surface area contributed by atoms with Crippen LogP contribution in [0.4, 0.5) is 35.0 Å². The van der Waals surface area contributed by atoms with Crippen LogP contribution in [0.5, 0.6) is 17.2 Å². The molecule has 736 valence electrons. The average molecular weight is 1980 g/mol. The van der Waals surface area contributed by atoms with Gasteiger partial charge in [-0.25, -0.2) is 37.5 Å². The second kappa shape index (κ2) is 48.0. The fourth-order valence-electron chi connectivity index (χ4n) is 18.2. The summed E-state index contributed by atoms with van der Waals surface area (Å²) < 4.78 is 60.8. The maximum Gasteiger partial charge on any atom is 0.190 e. The maximum absolute atomic E-state index is 15.3. The highest BCUT2D eigenvalue weighted by Crippen LogP contribution is 2.50. The fraction of sp³-hybridized carbons (Fsp3) is 0.263. The van der Waals surface area contributed by atoms with Gasteiger partial charge in [-0.1, -0.05) is 181 Å². The van der Waals surface area contributed by atoms with Crippen molar-refractivity contribution in [1.82, 2.24) is 64.8 Å². The van der Waals surface area contributed by atoms with Gasteiger partial charge in [0.1, 0.15) is 40.0 Å². The van der Waals surface area contributed by atoms with Crippen molar-refractivity contribution in [2.75, 3.05) is 119 Å². The van der Waals surface area contributed by atoms with Crippen molar-refractivity contribution in [2.45, 2.75) is 77.5 Å². The molecule has 0 spiro atoms. The van der Waals surface area contributed by atoms with E-state index < -0.39 is 28.2 Å². The Bertz CT molecular complexity index is 7240. The number of hydrogen-bond donors (Lipinski definition) is 4. The van der Waals surface area contributed by atoms with E-state index >= 15 is 4.39 Å². The van der Waals surface area contributed by atoms with Crippen molar-refractivity contribution in [3.05, 3.63) is 403 Å². The molecule has 4 aliphatic heterocycles. The number of aromatic nitrogens is 8. The van der Waals surface area contributed by atoms with Gasteiger partial charge in [-0.15, -0.1) is 0 Å². The summed E-state index contributed by atoms with van der Waals surface area (Å²) in [5, 5.41) is 16.4. The lowest BCUT2D eigenvalue weighted by Gasteiger charge is -2.35. The van der Waals surface area contributed by atoms with E-state index in [9.17, 15) is 47.0 Å².